The molecule has 2 aliphatic rings. The first-order valence-corrected chi connectivity index (χ1v) is 13.4. The van der Waals surface area contributed by atoms with Crippen LogP contribution in [0.2, 0.25) is 0 Å². The molecule has 2 fully saturated rings. The van der Waals surface area contributed by atoms with E-state index in [2.05, 4.69) is 23.6 Å². The van der Waals surface area contributed by atoms with E-state index in [1.165, 1.54) is 49.9 Å². The van der Waals surface area contributed by atoms with Crippen LogP contribution in [0.25, 0.3) is 0 Å². The van der Waals surface area contributed by atoms with Crippen LogP contribution in [0.15, 0.2) is 29.2 Å². The van der Waals surface area contributed by atoms with Crippen molar-refractivity contribution in [3.63, 3.8) is 0 Å². The van der Waals surface area contributed by atoms with Gasteiger partial charge in [-0.15, -0.1) is 0 Å². The van der Waals surface area contributed by atoms with E-state index in [9.17, 15) is 18.5 Å². The Bertz CT molecular complexity index is 812. The fourth-order valence-corrected chi connectivity index (χ4v) is 6.57. The van der Waals surface area contributed by atoms with Gasteiger partial charge in [0.05, 0.1) is 15.6 Å². The molecule has 8 heteroatoms. The fourth-order valence-electron chi connectivity index (χ4n) is 5.00. The van der Waals surface area contributed by atoms with Gasteiger partial charge in [0.15, 0.2) is 9.84 Å². The van der Waals surface area contributed by atoms with Crippen molar-refractivity contribution in [2.24, 2.45) is 11.8 Å². The largest absolute Gasteiger partial charge is 0.302 e. The van der Waals surface area contributed by atoms with Crippen LogP contribution in [0.1, 0.15) is 52.4 Å². The van der Waals surface area contributed by atoms with Gasteiger partial charge in [0.1, 0.15) is 0 Å². The summed E-state index contributed by atoms with van der Waals surface area (Å²) in [7, 11) is -3.53. The highest BCUT2D eigenvalue weighted by atomic mass is 32.2. The maximum Gasteiger partial charge on any atom is 0.269 e. The topological polar surface area (TPSA) is 83.8 Å². The predicted octanol–water partition coefficient (Wildman–Crippen LogP) is 3.98. The third-order valence-electron chi connectivity index (χ3n) is 7.31. The smallest absolute Gasteiger partial charge is 0.269 e. The molecule has 1 unspecified atom stereocenters. The van der Waals surface area contributed by atoms with E-state index in [0.717, 1.165) is 57.4 Å². The zero-order valence-corrected chi connectivity index (χ0v) is 19.7. The van der Waals surface area contributed by atoms with Crippen LogP contribution < -0.4 is 0 Å². The third-order valence-corrected chi connectivity index (χ3v) is 9.13. The summed E-state index contributed by atoms with van der Waals surface area (Å²) < 4.78 is 26.4. The summed E-state index contributed by atoms with van der Waals surface area (Å²) in [6, 6.07) is 5.27. The lowest BCUT2D eigenvalue weighted by atomic mass is 9.93. The van der Waals surface area contributed by atoms with Crippen LogP contribution in [-0.4, -0.2) is 67.7 Å². The van der Waals surface area contributed by atoms with Crippen molar-refractivity contribution in [1.29, 1.82) is 0 Å². The van der Waals surface area contributed by atoms with E-state index >= 15 is 0 Å². The highest BCUT2D eigenvalue weighted by Gasteiger charge is 2.31. The average molecular weight is 452 g/mol. The number of nitro benzene ring substituents is 1. The summed E-state index contributed by atoms with van der Waals surface area (Å²) >= 11 is 0. The van der Waals surface area contributed by atoms with Crippen molar-refractivity contribution < 1.29 is 13.3 Å². The molecule has 0 amide bonds. The molecule has 0 radical (unpaired) electrons. The average Bonchev–Trinajstić information content (AvgIpc) is 2.79. The molecule has 0 aromatic heterocycles. The number of hydrogen-bond donors (Lipinski definition) is 0. The van der Waals surface area contributed by atoms with Crippen molar-refractivity contribution >= 4 is 15.5 Å². The van der Waals surface area contributed by atoms with Gasteiger partial charge in [-0.1, -0.05) is 26.7 Å². The lowest BCUT2D eigenvalue weighted by Gasteiger charge is -2.41. The fraction of sp³-hybridized carbons (Fsp3) is 0.739. The minimum Gasteiger partial charge on any atom is -0.302 e. The lowest BCUT2D eigenvalue weighted by molar-refractivity contribution is -0.384. The number of sulfone groups is 1. The first-order chi connectivity index (χ1) is 14.8. The van der Waals surface area contributed by atoms with Gasteiger partial charge in [-0.05, 0) is 75.8 Å². The first kappa shape index (κ1) is 24.1. The molecule has 1 aromatic carbocycles. The van der Waals surface area contributed by atoms with Gasteiger partial charge in [-0.3, -0.25) is 15.0 Å². The number of non-ortho nitro benzene ring substituents is 1. The lowest BCUT2D eigenvalue weighted by Crippen LogP contribution is -2.51. The second kappa shape index (κ2) is 10.9. The molecule has 0 aliphatic carbocycles. The summed E-state index contributed by atoms with van der Waals surface area (Å²) in [6.45, 7) is 9.23. The molecule has 174 valence electrons. The van der Waals surface area contributed by atoms with Crippen LogP contribution in [0, 0.1) is 22.0 Å². The molecule has 0 N–H and O–H groups in total. The Hall–Kier alpha value is -1.51. The Morgan fingerprint density at radius 3 is 1.97 bits per heavy atom. The van der Waals surface area contributed by atoms with E-state index in [1.807, 2.05) is 0 Å². The van der Waals surface area contributed by atoms with E-state index in [4.69, 9.17) is 0 Å². The summed E-state index contributed by atoms with van der Waals surface area (Å²) in [5.41, 5.74) is -0.0871. The highest BCUT2D eigenvalue weighted by molar-refractivity contribution is 7.91. The number of nitro groups is 1. The maximum atomic E-state index is 13.2. The van der Waals surface area contributed by atoms with E-state index < -0.39 is 14.8 Å². The minimum atomic E-state index is -3.53. The number of rotatable bonds is 9. The Kier molecular flexibility index (Phi) is 8.47. The van der Waals surface area contributed by atoms with Gasteiger partial charge in [-0.2, -0.15) is 0 Å². The molecular formula is C23H37N3O4S. The second-order valence-corrected chi connectivity index (χ2v) is 11.3. The Balaban J connectivity index is 1.72. The predicted molar refractivity (Wildman–Crippen MR) is 123 cm³/mol. The van der Waals surface area contributed by atoms with Gasteiger partial charge < -0.3 is 4.90 Å². The first-order valence-electron chi connectivity index (χ1n) is 11.8. The van der Waals surface area contributed by atoms with Crippen LogP contribution in [0.5, 0.6) is 0 Å². The SMILES string of the molecule is CCC1CCN(CC(CS(=O)(=O)c2ccc([N+](=O)[O-])cc2)N2CCC(CC)CC2)CC1. The normalized spacial score (nSPS) is 21.2. The van der Waals surface area contributed by atoms with Crippen molar-refractivity contribution in [2.45, 2.75) is 63.3 Å². The molecule has 31 heavy (non-hydrogen) atoms. The molecule has 7 nitrogen and oxygen atoms in total. The molecule has 2 saturated heterocycles. The molecule has 3 rings (SSSR count). The molecule has 2 heterocycles. The maximum absolute atomic E-state index is 13.2. The molecule has 2 aliphatic heterocycles. The van der Waals surface area contributed by atoms with E-state index in [-0.39, 0.29) is 22.4 Å². The Morgan fingerprint density at radius 1 is 0.968 bits per heavy atom. The van der Waals surface area contributed by atoms with Gasteiger partial charge >= 0.3 is 0 Å². The highest BCUT2D eigenvalue weighted by Crippen LogP contribution is 2.26. The van der Waals surface area contributed by atoms with Crippen molar-refractivity contribution in [2.75, 3.05) is 38.5 Å². The number of hydrogen-bond acceptors (Lipinski definition) is 6. The van der Waals surface area contributed by atoms with Gasteiger partial charge in [0, 0.05) is 24.7 Å². The summed E-state index contributed by atoms with van der Waals surface area (Å²) in [5.74, 6) is 1.59. The zero-order chi connectivity index (χ0) is 22.4. The molecule has 0 saturated carbocycles. The number of benzene rings is 1. The summed E-state index contributed by atoms with van der Waals surface area (Å²) in [4.78, 5) is 15.4. The van der Waals surface area contributed by atoms with Gasteiger partial charge in [0.2, 0.25) is 0 Å². The zero-order valence-electron chi connectivity index (χ0n) is 18.9. The second-order valence-electron chi connectivity index (χ2n) is 9.23. The van der Waals surface area contributed by atoms with Crippen molar-refractivity contribution in [3.05, 3.63) is 34.4 Å². The Labute approximate surface area is 186 Å². The van der Waals surface area contributed by atoms with E-state index in [0.29, 0.717) is 0 Å². The van der Waals surface area contributed by atoms with Crippen LogP contribution in [0.3, 0.4) is 0 Å². The number of likely N-dealkylation sites (tertiary alicyclic amines) is 2. The monoisotopic (exact) mass is 451 g/mol. The van der Waals surface area contributed by atoms with E-state index in [1.54, 1.807) is 0 Å². The molecule has 0 bridgehead atoms. The molecular weight excluding hydrogens is 414 g/mol. The van der Waals surface area contributed by atoms with Crippen molar-refractivity contribution in [3.8, 4) is 0 Å². The molecule has 1 aromatic rings. The van der Waals surface area contributed by atoms with Crippen molar-refractivity contribution in [1.82, 2.24) is 9.80 Å². The van der Waals surface area contributed by atoms with Crippen LogP contribution in [-0.2, 0) is 9.84 Å². The van der Waals surface area contributed by atoms with Crippen LogP contribution >= 0.6 is 0 Å². The third kappa shape index (κ3) is 6.49. The number of nitrogens with zero attached hydrogens (tertiary/aromatic N) is 3. The number of piperidine rings is 2. The Morgan fingerprint density at radius 2 is 1.48 bits per heavy atom. The summed E-state index contributed by atoms with van der Waals surface area (Å²) in [6.07, 6.45) is 7.04. The minimum absolute atomic E-state index is 0.0452. The standard InChI is InChI=1S/C23H37N3O4S/c1-3-19-9-13-24(14-10-19)17-22(25-15-11-20(4-2)12-16-25)18-31(29,30)23-7-5-21(6-8-23)26(27)28/h5-8,19-20,22H,3-4,9-18H2,1-2H3. The molecule has 1 atom stereocenters. The van der Waals surface area contributed by atoms with Gasteiger partial charge in [0.25, 0.3) is 5.69 Å². The quantitative estimate of drug-likeness (QED) is 0.417. The molecule has 0 spiro atoms. The summed E-state index contributed by atoms with van der Waals surface area (Å²) in [5, 5.41) is 10.9. The van der Waals surface area contributed by atoms with Gasteiger partial charge in [-0.25, -0.2) is 8.42 Å². The van der Waals surface area contributed by atoms with Crippen LogP contribution in [0.4, 0.5) is 5.69 Å².